The number of amides is 1. The molecule has 16 heavy (non-hydrogen) atoms. The van der Waals surface area contributed by atoms with Crippen molar-refractivity contribution in [3.63, 3.8) is 0 Å². The number of rotatable bonds is 4. The second-order valence-corrected chi connectivity index (χ2v) is 4.16. The Bertz CT molecular complexity index is 345. The van der Waals surface area contributed by atoms with Crippen molar-refractivity contribution in [1.29, 1.82) is 0 Å². The maximum atomic E-state index is 11.8. The molecule has 88 valence electrons. The van der Waals surface area contributed by atoms with Crippen molar-refractivity contribution >= 4 is 11.6 Å². The van der Waals surface area contributed by atoms with Gasteiger partial charge in [-0.05, 0) is 25.5 Å². The molecule has 1 rings (SSSR count). The Kier molecular flexibility index (Phi) is 4.50. The van der Waals surface area contributed by atoms with Crippen LogP contribution >= 0.6 is 0 Å². The molecule has 1 aromatic rings. The average Bonchev–Trinajstić information content (AvgIpc) is 2.28. The van der Waals surface area contributed by atoms with Crippen LogP contribution in [0.1, 0.15) is 25.3 Å². The Balaban J connectivity index is 2.66. The van der Waals surface area contributed by atoms with E-state index < -0.39 is 0 Å². The number of nitrogens with two attached hydrogens (primary N) is 1. The molecule has 0 fully saturated rings. The summed E-state index contributed by atoms with van der Waals surface area (Å²) >= 11 is 0. The first-order valence-corrected chi connectivity index (χ1v) is 5.63. The van der Waals surface area contributed by atoms with Crippen molar-refractivity contribution in [2.45, 2.75) is 32.7 Å². The summed E-state index contributed by atoms with van der Waals surface area (Å²) in [5.41, 5.74) is 7.87. The molecule has 0 heterocycles. The Morgan fingerprint density at radius 1 is 1.38 bits per heavy atom. The zero-order valence-electron chi connectivity index (χ0n) is 10.2. The minimum Gasteiger partial charge on any atom is -0.327 e. The number of hydrogen-bond acceptors (Lipinski definition) is 2. The fourth-order valence-corrected chi connectivity index (χ4v) is 1.42. The van der Waals surface area contributed by atoms with Gasteiger partial charge in [0.25, 0.3) is 0 Å². The van der Waals surface area contributed by atoms with Crippen LogP contribution in [0.5, 0.6) is 0 Å². The maximum absolute atomic E-state index is 11.8. The molecule has 0 aliphatic carbocycles. The smallest absolute Gasteiger partial charge is 0.228 e. The molecular formula is C13H20N2O. The molecule has 1 atom stereocenters. The molecule has 0 spiro atoms. The van der Waals surface area contributed by atoms with Gasteiger partial charge in [0.15, 0.2) is 0 Å². The minimum absolute atomic E-state index is 0.0413. The number of benzene rings is 1. The number of anilines is 1. The van der Waals surface area contributed by atoms with E-state index in [1.807, 2.05) is 38.1 Å². The number of carbonyl (C=O) groups excluding carboxylic acids is 1. The third-order valence-corrected chi connectivity index (χ3v) is 2.76. The molecule has 1 unspecified atom stereocenters. The highest BCUT2D eigenvalue weighted by molar-refractivity contribution is 5.93. The average molecular weight is 220 g/mol. The summed E-state index contributed by atoms with van der Waals surface area (Å²) in [7, 11) is 1.79. The van der Waals surface area contributed by atoms with Crippen LogP contribution in [0.3, 0.4) is 0 Å². The molecule has 0 aromatic heterocycles. The largest absolute Gasteiger partial charge is 0.327 e. The van der Waals surface area contributed by atoms with Gasteiger partial charge >= 0.3 is 0 Å². The summed E-state index contributed by atoms with van der Waals surface area (Å²) in [5.74, 6) is 0.0678. The first-order chi connectivity index (χ1) is 7.54. The lowest BCUT2D eigenvalue weighted by Gasteiger charge is -2.19. The van der Waals surface area contributed by atoms with Crippen molar-refractivity contribution < 1.29 is 4.79 Å². The van der Waals surface area contributed by atoms with Gasteiger partial charge in [-0.3, -0.25) is 4.79 Å². The Morgan fingerprint density at radius 2 is 1.94 bits per heavy atom. The van der Waals surface area contributed by atoms with E-state index in [1.54, 1.807) is 11.9 Å². The summed E-state index contributed by atoms with van der Waals surface area (Å²) < 4.78 is 0. The van der Waals surface area contributed by atoms with Crippen molar-refractivity contribution in [3.8, 4) is 0 Å². The Labute approximate surface area is 97.2 Å². The van der Waals surface area contributed by atoms with Gasteiger partial charge in [-0.2, -0.15) is 0 Å². The normalized spacial score (nSPS) is 12.2. The van der Waals surface area contributed by atoms with Crippen molar-refractivity contribution in [2.75, 3.05) is 11.9 Å². The van der Waals surface area contributed by atoms with Crippen LogP contribution in [0.15, 0.2) is 24.3 Å². The topological polar surface area (TPSA) is 46.3 Å². The van der Waals surface area contributed by atoms with E-state index in [9.17, 15) is 4.79 Å². The lowest BCUT2D eigenvalue weighted by Crippen LogP contribution is -2.32. The van der Waals surface area contributed by atoms with E-state index in [4.69, 9.17) is 5.73 Å². The van der Waals surface area contributed by atoms with Gasteiger partial charge in [0, 0.05) is 25.2 Å². The van der Waals surface area contributed by atoms with Gasteiger partial charge in [0.05, 0.1) is 0 Å². The first-order valence-electron chi connectivity index (χ1n) is 5.63. The lowest BCUT2D eigenvalue weighted by atomic mass is 10.1. The van der Waals surface area contributed by atoms with E-state index in [-0.39, 0.29) is 11.9 Å². The maximum Gasteiger partial charge on any atom is 0.228 e. The first kappa shape index (κ1) is 12.7. The standard InChI is InChI=1S/C13H20N2O/c1-4-11(14)9-13(16)15(3)12-7-5-10(2)6-8-12/h5-8,11H,4,9,14H2,1-3H3. The summed E-state index contributed by atoms with van der Waals surface area (Å²) in [5, 5.41) is 0. The highest BCUT2D eigenvalue weighted by Gasteiger charge is 2.13. The summed E-state index contributed by atoms with van der Waals surface area (Å²) in [6.45, 7) is 4.02. The Hall–Kier alpha value is -1.35. The van der Waals surface area contributed by atoms with Gasteiger partial charge in [0.1, 0.15) is 0 Å². The monoisotopic (exact) mass is 220 g/mol. The fourth-order valence-electron chi connectivity index (χ4n) is 1.42. The van der Waals surface area contributed by atoms with Gasteiger partial charge in [-0.1, -0.05) is 24.6 Å². The van der Waals surface area contributed by atoms with Crippen LogP contribution in [-0.2, 0) is 4.79 Å². The van der Waals surface area contributed by atoms with E-state index >= 15 is 0 Å². The van der Waals surface area contributed by atoms with E-state index in [0.717, 1.165) is 12.1 Å². The third kappa shape index (κ3) is 3.35. The third-order valence-electron chi connectivity index (χ3n) is 2.76. The number of aryl methyl sites for hydroxylation is 1. The number of carbonyl (C=O) groups is 1. The highest BCUT2D eigenvalue weighted by atomic mass is 16.2. The van der Waals surface area contributed by atoms with Crippen LogP contribution in [0.25, 0.3) is 0 Å². The zero-order valence-corrected chi connectivity index (χ0v) is 10.2. The molecule has 0 saturated heterocycles. The second kappa shape index (κ2) is 5.66. The molecule has 0 radical (unpaired) electrons. The molecule has 0 aliphatic heterocycles. The van der Waals surface area contributed by atoms with Gasteiger partial charge in [-0.25, -0.2) is 0 Å². The van der Waals surface area contributed by atoms with Crippen LogP contribution in [0.2, 0.25) is 0 Å². The Morgan fingerprint density at radius 3 is 2.44 bits per heavy atom. The molecular weight excluding hydrogens is 200 g/mol. The molecule has 0 bridgehead atoms. The van der Waals surface area contributed by atoms with Gasteiger partial charge in [0.2, 0.25) is 5.91 Å². The zero-order chi connectivity index (χ0) is 12.1. The molecule has 0 saturated carbocycles. The highest BCUT2D eigenvalue weighted by Crippen LogP contribution is 2.14. The van der Waals surface area contributed by atoms with Crippen molar-refractivity contribution in [1.82, 2.24) is 0 Å². The fraction of sp³-hybridized carbons (Fsp3) is 0.462. The second-order valence-electron chi connectivity index (χ2n) is 4.16. The van der Waals surface area contributed by atoms with Crippen LogP contribution in [-0.4, -0.2) is 19.0 Å². The molecule has 0 aliphatic rings. The molecule has 1 aromatic carbocycles. The summed E-state index contributed by atoms with van der Waals surface area (Å²) in [4.78, 5) is 13.5. The lowest BCUT2D eigenvalue weighted by molar-refractivity contribution is -0.118. The van der Waals surface area contributed by atoms with Crippen LogP contribution < -0.4 is 10.6 Å². The SMILES string of the molecule is CCC(N)CC(=O)N(C)c1ccc(C)cc1. The van der Waals surface area contributed by atoms with E-state index in [0.29, 0.717) is 6.42 Å². The molecule has 3 nitrogen and oxygen atoms in total. The minimum atomic E-state index is -0.0413. The molecule has 1 amide bonds. The van der Waals surface area contributed by atoms with Crippen LogP contribution in [0, 0.1) is 6.92 Å². The van der Waals surface area contributed by atoms with Gasteiger partial charge < -0.3 is 10.6 Å². The van der Waals surface area contributed by atoms with E-state index in [1.165, 1.54) is 5.56 Å². The van der Waals surface area contributed by atoms with Crippen molar-refractivity contribution in [3.05, 3.63) is 29.8 Å². The molecule has 2 N–H and O–H groups in total. The van der Waals surface area contributed by atoms with Crippen LogP contribution in [0.4, 0.5) is 5.69 Å². The predicted molar refractivity (Wildman–Crippen MR) is 67.5 cm³/mol. The van der Waals surface area contributed by atoms with E-state index in [2.05, 4.69) is 0 Å². The number of nitrogens with zero attached hydrogens (tertiary/aromatic N) is 1. The quantitative estimate of drug-likeness (QED) is 0.844. The summed E-state index contributed by atoms with van der Waals surface area (Å²) in [6.07, 6.45) is 1.23. The summed E-state index contributed by atoms with van der Waals surface area (Å²) in [6, 6.07) is 7.85. The molecule has 3 heteroatoms. The predicted octanol–water partition coefficient (Wildman–Crippen LogP) is 2.09. The van der Waals surface area contributed by atoms with Gasteiger partial charge in [-0.15, -0.1) is 0 Å². The number of hydrogen-bond donors (Lipinski definition) is 1. The van der Waals surface area contributed by atoms with Crippen molar-refractivity contribution in [2.24, 2.45) is 5.73 Å².